The molecule has 2 nitrogen and oxygen atoms in total. The van der Waals surface area contributed by atoms with Gasteiger partial charge in [0.15, 0.2) is 0 Å². The predicted octanol–water partition coefficient (Wildman–Crippen LogP) is 3.36. The molecular weight excluding hydrogens is 186 g/mol. The van der Waals surface area contributed by atoms with E-state index in [-0.39, 0.29) is 0 Å². The van der Waals surface area contributed by atoms with Gasteiger partial charge in [0.1, 0.15) is 0 Å². The largest absolute Gasteiger partial charge is 0.380 e. The molecule has 1 unspecified atom stereocenters. The van der Waals surface area contributed by atoms with Gasteiger partial charge in [-0.3, -0.25) is 0 Å². The normalized spacial score (nSPS) is 13.0. The summed E-state index contributed by atoms with van der Waals surface area (Å²) in [5.41, 5.74) is 0. The summed E-state index contributed by atoms with van der Waals surface area (Å²) >= 11 is 0. The second kappa shape index (κ2) is 12.0. The molecule has 0 heterocycles. The smallest absolute Gasteiger partial charge is 0.0619 e. The molecule has 0 aliphatic carbocycles. The third kappa shape index (κ3) is 10.2. The Morgan fingerprint density at radius 3 is 2.40 bits per heavy atom. The van der Waals surface area contributed by atoms with Crippen molar-refractivity contribution in [3.63, 3.8) is 0 Å². The van der Waals surface area contributed by atoms with Crippen LogP contribution in [0.3, 0.4) is 0 Å². The maximum Gasteiger partial charge on any atom is 0.0619 e. The van der Waals surface area contributed by atoms with Crippen molar-refractivity contribution in [3.05, 3.63) is 0 Å². The van der Waals surface area contributed by atoms with E-state index in [1.165, 1.54) is 32.1 Å². The Hall–Kier alpha value is -0.0800. The van der Waals surface area contributed by atoms with E-state index in [0.717, 1.165) is 26.2 Å². The second-order valence-electron chi connectivity index (χ2n) is 4.18. The highest BCUT2D eigenvalue weighted by atomic mass is 16.5. The average Bonchev–Trinajstić information content (AvgIpc) is 2.24. The molecule has 0 spiro atoms. The molecule has 0 saturated heterocycles. The lowest BCUT2D eigenvalue weighted by Gasteiger charge is -2.17. The van der Waals surface area contributed by atoms with Crippen LogP contribution >= 0.6 is 0 Å². The van der Waals surface area contributed by atoms with Crippen LogP contribution in [0.2, 0.25) is 0 Å². The van der Waals surface area contributed by atoms with Crippen LogP contribution in [0.25, 0.3) is 0 Å². The summed E-state index contributed by atoms with van der Waals surface area (Å²) < 4.78 is 5.59. The molecule has 0 rings (SSSR count). The van der Waals surface area contributed by atoms with Gasteiger partial charge in [0.25, 0.3) is 0 Å². The van der Waals surface area contributed by atoms with Crippen molar-refractivity contribution in [1.82, 2.24) is 5.32 Å². The average molecular weight is 215 g/mol. The fraction of sp³-hybridized carbons (Fsp3) is 1.00. The van der Waals surface area contributed by atoms with Crippen LogP contribution in [0.15, 0.2) is 0 Å². The summed E-state index contributed by atoms with van der Waals surface area (Å²) in [6, 6.07) is 0.568. The van der Waals surface area contributed by atoms with Gasteiger partial charge >= 0.3 is 0 Å². The summed E-state index contributed by atoms with van der Waals surface area (Å²) in [5, 5.41) is 3.49. The van der Waals surface area contributed by atoms with E-state index in [4.69, 9.17) is 4.74 Å². The number of ether oxygens (including phenoxy) is 1. The van der Waals surface area contributed by atoms with Crippen molar-refractivity contribution in [2.24, 2.45) is 0 Å². The molecule has 2 heteroatoms. The number of hydrogen-bond acceptors (Lipinski definition) is 2. The Balaban J connectivity index is 3.44. The molecule has 0 radical (unpaired) electrons. The summed E-state index contributed by atoms with van der Waals surface area (Å²) in [5.74, 6) is 0. The monoisotopic (exact) mass is 215 g/mol. The lowest BCUT2D eigenvalue weighted by atomic mass is 10.1. The van der Waals surface area contributed by atoms with Gasteiger partial charge in [-0.2, -0.15) is 0 Å². The topological polar surface area (TPSA) is 21.3 Å². The fourth-order valence-corrected chi connectivity index (χ4v) is 1.72. The van der Waals surface area contributed by atoms with Crippen LogP contribution in [-0.2, 0) is 4.74 Å². The van der Waals surface area contributed by atoms with E-state index in [1.807, 2.05) is 0 Å². The first-order chi connectivity index (χ1) is 7.35. The van der Waals surface area contributed by atoms with Crippen molar-refractivity contribution >= 4 is 0 Å². The van der Waals surface area contributed by atoms with Crippen LogP contribution in [0.1, 0.15) is 59.3 Å². The molecule has 0 bridgehead atoms. The highest BCUT2D eigenvalue weighted by Gasteiger charge is 2.06. The van der Waals surface area contributed by atoms with E-state index >= 15 is 0 Å². The van der Waals surface area contributed by atoms with Gasteiger partial charge in [-0.25, -0.2) is 0 Å². The Kier molecular flexibility index (Phi) is 11.9. The molecule has 0 aliphatic heterocycles. The third-order valence-electron chi connectivity index (χ3n) is 2.57. The predicted molar refractivity (Wildman–Crippen MR) is 67.3 cm³/mol. The number of likely N-dealkylation sites (N-methyl/N-ethyl adjacent to an activating group) is 1. The minimum atomic E-state index is 0.568. The maximum atomic E-state index is 5.59. The first-order valence-electron chi connectivity index (χ1n) is 6.66. The van der Waals surface area contributed by atoms with Crippen molar-refractivity contribution < 1.29 is 4.74 Å². The quantitative estimate of drug-likeness (QED) is 0.534. The number of nitrogens with one attached hydrogen (secondary N) is 1. The molecule has 0 aromatic carbocycles. The second-order valence-corrected chi connectivity index (χ2v) is 4.18. The first-order valence-corrected chi connectivity index (χ1v) is 6.66. The van der Waals surface area contributed by atoms with Crippen LogP contribution < -0.4 is 5.32 Å². The molecule has 0 saturated carbocycles. The van der Waals surface area contributed by atoms with Crippen molar-refractivity contribution in [1.29, 1.82) is 0 Å². The van der Waals surface area contributed by atoms with Gasteiger partial charge in [0.05, 0.1) is 6.61 Å². The molecule has 0 aromatic rings. The molecule has 92 valence electrons. The third-order valence-corrected chi connectivity index (χ3v) is 2.57. The highest BCUT2D eigenvalue weighted by Crippen LogP contribution is 2.06. The Morgan fingerprint density at radius 2 is 1.80 bits per heavy atom. The van der Waals surface area contributed by atoms with E-state index in [2.05, 4.69) is 26.1 Å². The standard InChI is InChI=1S/C13H29NO/c1-4-7-8-9-10-13(14-6-3)12-15-11-5-2/h13-14H,4-12H2,1-3H3. The fourth-order valence-electron chi connectivity index (χ4n) is 1.72. The minimum Gasteiger partial charge on any atom is -0.380 e. The number of hydrogen-bond donors (Lipinski definition) is 1. The van der Waals surface area contributed by atoms with Crippen molar-refractivity contribution in [2.75, 3.05) is 19.8 Å². The molecule has 1 atom stereocenters. The van der Waals surface area contributed by atoms with E-state index in [0.29, 0.717) is 6.04 Å². The van der Waals surface area contributed by atoms with Crippen LogP contribution in [0.4, 0.5) is 0 Å². The zero-order valence-electron chi connectivity index (χ0n) is 10.8. The zero-order valence-corrected chi connectivity index (χ0v) is 10.8. The lowest BCUT2D eigenvalue weighted by molar-refractivity contribution is 0.109. The molecule has 1 N–H and O–H groups in total. The van der Waals surface area contributed by atoms with Gasteiger partial charge in [-0.05, 0) is 19.4 Å². The Bertz CT molecular complexity index is 117. The summed E-state index contributed by atoms with van der Waals surface area (Å²) in [7, 11) is 0. The molecular formula is C13H29NO. The Morgan fingerprint density at radius 1 is 1.00 bits per heavy atom. The lowest BCUT2D eigenvalue weighted by Crippen LogP contribution is -2.33. The highest BCUT2D eigenvalue weighted by molar-refractivity contribution is 4.65. The van der Waals surface area contributed by atoms with Gasteiger partial charge in [-0.15, -0.1) is 0 Å². The summed E-state index contributed by atoms with van der Waals surface area (Å²) in [6.45, 7) is 9.41. The van der Waals surface area contributed by atoms with Gasteiger partial charge in [0, 0.05) is 12.6 Å². The van der Waals surface area contributed by atoms with Gasteiger partial charge < -0.3 is 10.1 Å². The summed E-state index contributed by atoms with van der Waals surface area (Å²) in [4.78, 5) is 0. The first kappa shape index (κ1) is 14.9. The van der Waals surface area contributed by atoms with Gasteiger partial charge in [-0.1, -0.05) is 46.5 Å². The maximum absolute atomic E-state index is 5.59. The minimum absolute atomic E-state index is 0.568. The summed E-state index contributed by atoms with van der Waals surface area (Å²) in [6.07, 6.45) is 7.77. The van der Waals surface area contributed by atoms with E-state index in [1.54, 1.807) is 0 Å². The number of unbranched alkanes of at least 4 members (excludes halogenated alkanes) is 3. The Labute approximate surface area is 95.8 Å². The SMILES string of the molecule is CCCCCCC(COCCC)NCC. The molecule has 0 aromatic heterocycles. The van der Waals surface area contributed by atoms with Crippen LogP contribution in [0, 0.1) is 0 Å². The zero-order chi connectivity index (χ0) is 11.4. The molecule has 0 fully saturated rings. The number of rotatable bonds is 11. The molecule has 0 amide bonds. The van der Waals surface area contributed by atoms with E-state index in [9.17, 15) is 0 Å². The molecule has 15 heavy (non-hydrogen) atoms. The van der Waals surface area contributed by atoms with Crippen molar-refractivity contribution in [2.45, 2.75) is 65.3 Å². The van der Waals surface area contributed by atoms with Gasteiger partial charge in [0.2, 0.25) is 0 Å². The van der Waals surface area contributed by atoms with Crippen LogP contribution in [-0.4, -0.2) is 25.8 Å². The van der Waals surface area contributed by atoms with Crippen molar-refractivity contribution in [3.8, 4) is 0 Å². The molecule has 0 aliphatic rings. The van der Waals surface area contributed by atoms with E-state index < -0.39 is 0 Å². The van der Waals surface area contributed by atoms with Crippen LogP contribution in [0.5, 0.6) is 0 Å².